The highest BCUT2D eigenvalue weighted by Crippen LogP contribution is 2.27. The number of phenolic OH excluding ortho intramolecular Hbond substituents is 1. The van der Waals surface area contributed by atoms with E-state index in [-0.39, 0.29) is 30.9 Å². The second-order valence-electron chi connectivity index (χ2n) is 10.7. The van der Waals surface area contributed by atoms with Crippen LogP contribution in [0.4, 0.5) is 0 Å². The molecule has 4 N–H and O–H groups in total. The molecule has 2 rings (SSSR count). The first-order valence-corrected chi connectivity index (χ1v) is 13.0. The maximum atomic E-state index is 12.6. The molecule has 38 heavy (non-hydrogen) atoms. The Hall–Kier alpha value is -2.94. The zero-order valence-electron chi connectivity index (χ0n) is 23.0. The van der Waals surface area contributed by atoms with Crippen molar-refractivity contribution in [2.24, 2.45) is 5.92 Å². The number of cyclic esters (lactones) is 1. The standard InChI is InChI=1S/C30H42O8/c1-20(7-6-16-29(4,35)17-14-23-9-11-24(32)12-10-23)28-21(2)8-13-26(37-22(3)31)30(5,36)18-15-25(33)19-27(34)38-28/h6-13,16,21,25-26,28,32-33,35-36H,14-15,17-19H2,1-5H3/b13-8+,16-6+,20-7+/t21-,25+,26+,28+,29?,30+/m0/s1. The fraction of sp³-hybridized carbons (Fsp3) is 0.533. The van der Waals surface area contributed by atoms with Crippen molar-refractivity contribution in [3.05, 3.63) is 65.8 Å². The van der Waals surface area contributed by atoms with E-state index in [0.29, 0.717) is 18.4 Å². The fourth-order valence-corrected chi connectivity index (χ4v) is 4.28. The summed E-state index contributed by atoms with van der Waals surface area (Å²) in [5.74, 6) is -1.25. The molecule has 6 atom stereocenters. The Morgan fingerprint density at radius 2 is 1.89 bits per heavy atom. The van der Waals surface area contributed by atoms with Crippen molar-refractivity contribution in [2.45, 2.75) is 96.2 Å². The van der Waals surface area contributed by atoms with Gasteiger partial charge in [0, 0.05) is 12.8 Å². The summed E-state index contributed by atoms with van der Waals surface area (Å²) in [6.07, 6.45) is 6.98. The van der Waals surface area contributed by atoms with Crippen molar-refractivity contribution < 1.29 is 39.5 Å². The number of esters is 2. The molecule has 0 bridgehead atoms. The smallest absolute Gasteiger partial charge is 0.309 e. The van der Waals surface area contributed by atoms with Crippen LogP contribution in [0.25, 0.3) is 0 Å². The highest BCUT2D eigenvalue weighted by atomic mass is 16.6. The van der Waals surface area contributed by atoms with E-state index in [1.54, 1.807) is 56.4 Å². The number of hydrogen-bond donors (Lipinski definition) is 4. The Labute approximate surface area is 225 Å². The van der Waals surface area contributed by atoms with Gasteiger partial charge in [0.25, 0.3) is 0 Å². The number of aliphatic hydroxyl groups is 3. The minimum Gasteiger partial charge on any atom is -0.508 e. The lowest BCUT2D eigenvalue weighted by Crippen LogP contribution is -2.42. The lowest BCUT2D eigenvalue weighted by Gasteiger charge is -2.32. The van der Waals surface area contributed by atoms with Crippen LogP contribution < -0.4 is 0 Å². The van der Waals surface area contributed by atoms with Crippen molar-refractivity contribution >= 4 is 11.9 Å². The monoisotopic (exact) mass is 530 g/mol. The average Bonchev–Trinajstić information content (AvgIpc) is 2.82. The topological polar surface area (TPSA) is 134 Å². The van der Waals surface area contributed by atoms with Crippen molar-refractivity contribution in [1.29, 1.82) is 0 Å². The molecule has 210 valence electrons. The summed E-state index contributed by atoms with van der Waals surface area (Å²) in [4.78, 5) is 24.2. The molecular formula is C30H42O8. The van der Waals surface area contributed by atoms with Gasteiger partial charge in [0.15, 0.2) is 0 Å². The fourth-order valence-electron chi connectivity index (χ4n) is 4.28. The molecule has 1 aliphatic heterocycles. The number of carbonyl (C=O) groups is 2. The molecule has 1 aromatic rings. The molecule has 0 aromatic heterocycles. The van der Waals surface area contributed by atoms with Gasteiger partial charge in [-0.25, -0.2) is 0 Å². The summed E-state index contributed by atoms with van der Waals surface area (Å²) >= 11 is 0. The lowest BCUT2D eigenvalue weighted by molar-refractivity contribution is -0.157. The van der Waals surface area contributed by atoms with Crippen LogP contribution in [-0.2, 0) is 25.5 Å². The van der Waals surface area contributed by atoms with E-state index in [2.05, 4.69) is 0 Å². The van der Waals surface area contributed by atoms with Crippen molar-refractivity contribution in [3.8, 4) is 5.75 Å². The zero-order valence-corrected chi connectivity index (χ0v) is 23.0. The zero-order chi connectivity index (χ0) is 28.5. The van der Waals surface area contributed by atoms with E-state index in [0.717, 1.165) is 5.56 Å². The first kappa shape index (κ1) is 31.3. The third kappa shape index (κ3) is 10.4. The SMILES string of the molecule is CC(=O)O[C@@H]1/C=C/[C@H](C)[C@@H](/C(C)=C/C=C/C(C)(O)CCc2ccc(O)cc2)OC(=O)C[C@H](O)CC[C@@]1(C)O. The van der Waals surface area contributed by atoms with Gasteiger partial charge >= 0.3 is 11.9 Å². The van der Waals surface area contributed by atoms with E-state index in [9.17, 15) is 30.0 Å². The third-order valence-electron chi connectivity index (χ3n) is 6.74. The lowest BCUT2D eigenvalue weighted by atomic mass is 9.88. The number of benzene rings is 1. The molecule has 1 unspecified atom stereocenters. The number of ether oxygens (including phenoxy) is 2. The van der Waals surface area contributed by atoms with E-state index in [1.165, 1.54) is 13.8 Å². The van der Waals surface area contributed by atoms with Gasteiger partial charge in [0.2, 0.25) is 0 Å². The summed E-state index contributed by atoms with van der Waals surface area (Å²) in [6.45, 7) is 8.15. The molecule has 0 saturated heterocycles. The first-order chi connectivity index (χ1) is 17.7. The molecule has 0 spiro atoms. The highest BCUT2D eigenvalue weighted by Gasteiger charge is 2.35. The quantitative estimate of drug-likeness (QED) is 0.237. The molecule has 1 heterocycles. The number of carbonyl (C=O) groups excluding carboxylic acids is 2. The Morgan fingerprint density at radius 3 is 2.53 bits per heavy atom. The maximum absolute atomic E-state index is 12.6. The Bertz CT molecular complexity index is 1020. The van der Waals surface area contributed by atoms with E-state index < -0.39 is 41.5 Å². The number of phenols is 1. The number of aromatic hydroxyl groups is 1. The number of aryl methyl sites for hydroxylation is 1. The minimum absolute atomic E-state index is 0.123. The Morgan fingerprint density at radius 1 is 1.24 bits per heavy atom. The minimum atomic E-state index is -1.43. The normalized spacial score (nSPS) is 30.0. The summed E-state index contributed by atoms with van der Waals surface area (Å²) in [5.41, 5.74) is -0.808. The van der Waals surface area contributed by atoms with Crippen LogP contribution in [0.2, 0.25) is 0 Å². The van der Waals surface area contributed by atoms with Crippen molar-refractivity contribution in [2.75, 3.05) is 0 Å². The molecule has 1 aromatic carbocycles. The second kappa shape index (κ2) is 13.7. The molecule has 0 fully saturated rings. The molecule has 0 radical (unpaired) electrons. The van der Waals surface area contributed by atoms with E-state index in [4.69, 9.17) is 9.47 Å². The van der Waals surface area contributed by atoms with Crippen molar-refractivity contribution in [3.63, 3.8) is 0 Å². The van der Waals surface area contributed by atoms with Gasteiger partial charge in [-0.2, -0.15) is 0 Å². The predicted octanol–water partition coefficient (Wildman–Crippen LogP) is 3.91. The van der Waals surface area contributed by atoms with Crippen LogP contribution in [0.3, 0.4) is 0 Å². The van der Waals surface area contributed by atoms with Crippen LogP contribution in [0.5, 0.6) is 5.75 Å². The molecule has 8 heteroatoms. The molecule has 0 aliphatic carbocycles. The highest BCUT2D eigenvalue weighted by molar-refractivity contribution is 5.70. The summed E-state index contributed by atoms with van der Waals surface area (Å²) in [5, 5.41) is 41.5. The third-order valence-corrected chi connectivity index (χ3v) is 6.74. The van der Waals surface area contributed by atoms with Gasteiger partial charge in [0.1, 0.15) is 23.6 Å². The van der Waals surface area contributed by atoms with Crippen LogP contribution in [0.15, 0.2) is 60.2 Å². The summed E-state index contributed by atoms with van der Waals surface area (Å²) in [7, 11) is 0. The molecule has 8 nitrogen and oxygen atoms in total. The molecule has 1 aliphatic rings. The molecule has 0 amide bonds. The van der Waals surface area contributed by atoms with Crippen LogP contribution in [0.1, 0.15) is 65.9 Å². The summed E-state index contributed by atoms with van der Waals surface area (Å²) in [6, 6.07) is 6.85. The van der Waals surface area contributed by atoms with Gasteiger partial charge in [-0.3, -0.25) is 9.59 Å². The van der Waals surface area contributed by atoms with Gasteiger partial charge in [0.05, 0.1) is 18.1 Å². The number of allylic oxidation sites excluding steroid dienone is 2. The Balaban J connectivity index is 2.21. The first-order valence-electron chi connectivity index (χ1n) is 13.0. The number of hydrogen-bond acceptors (Lipinski definition) is 8. The molecular weight excluding hydrogens is 488 g/mol. The van der Waals surface area contributed by atoms with Crippen LogP contribution in [-0.4, -0.2) is 61.9 Å². The second-order valence-corrected chi connectivity index (χ2v) is 10.7. The van der Waals surface area contributed by atoms with E-state index in [1.807, 2.05) is 19.1 Å². The van der Waals surface area contributed by atoms with Crippen LogP contribution in [0, 0.1) is 5.92 Å². The van der Waals surface area contributed by atoms with E-state index >= 15 is 0 Å². The summed E-state index contributed by atoms with van der Waals surface area (Å²) < 4.78 is 11.1. The molecule has 0 saturated carbocycles. The van der Waals surface area contributed by atoms with Gasteiger partial charge < -0.3 is 29.9 Å². The van der Waals surface area contributed by atoms with Crippen molar-refractivity contribution in [1.82, 2.24) is 0 Å². The maximum Gasteiger partial charge on any atom is 0.309 e. The predicted molar refractivity (Wildman–Crippen MR) is 144 cm³/mol. The van der Waals surface area contributed by atoms with Crippen LogP contribution >= 0.6 is 0 Å². The van der Waals surface area contributed by atoms with Gasteiger partial charge in [-0.1, -0.05) is 43.4 Å². The van der Waals surface area contributed by atoms with Gasteiger partial charge in [-0.15, -0.1) is 0 Å². The number of rotatable bonds is 7. The number of aliphatic hydroxyl groups excluding tert-OH is 1. The average molecular weight is 531 g/mol. The van der Waals surface area contributed by atoms with Gasteiger partial charge in [-0.05, 0) is 75.8 Å². The largest absolute Gasteiger partial charge is 0.508 e. The Kier molecular flexibility index (Phi) is 11.3.